The van der Waals surface area contributed by atoms with Crippen molar-refractivity contribution in [1.82, 2.24) is 10.2 Å². The standard InChI is InChI=1S/C15H18N6O3S2/c1-4-13(24)17-11-6-10(9(7-12(11)23)16-8(3)22)18-19-14-20-21-15(26-14)25-5-2/h6-7,23H,4-5H2,1-3H3,(H,16,22)(H,17,24)/b19-18+. The van der Waals surface area contributed by atoms with Crippen LogP contribution in [0.25, 0.3) is 0 Å². The number of rotatable bonds is 7. The van der Waals surface area contributed by atoms with E-state index >= 15 is 0 Å². The van der Waals surface area contributed by atoms with E-state index in [0.29, 0.717) is 5.13 Å². The van der Waals surface area contributed by atoms with Crippen LogP contribution in [0.15, 0.2) is 26.7 Å². The number of benzene rings is 1. The molecule has 2 rings (SSSR count). The van der Waals surface area contributed by atoms with Gasteiger partial charge in [-0.3, -0.25) is 9.59 Å². The molecule has 9 nitrogen and oxygen atoms in total. The largest absolute Gasteiger partial charge is 0.506 e. The highest BCUT2D eigenvalue weighted by molar-refractivity contribution is 8.01. The topological polar surface area (TPSA) is 129 Å². The lowest BCUT2D eigenvalue weighted by atomic mass is 10.2. The van der Waals surface area contributed by atoms with Crippen LogP contribution >= 0.6 is 23.1 Å². The molecule has 138 valence electrons. The number of carbonyl (C=O) groups is 2. The first-order valence-corrected chi connectivity index (χ1v) is 9.55. The summed E-state index contributed by atoms with van der Waals surface area (Å²) in [6, 6.07) is 2.74. The van der Waals surface area contributed by atoms with Crippen molar-refractivity contribution in [2.24, 2.45) is 10.2 Å². The van der Waals surface area contributed by atoms with Crippen LogP contribution < -0.4 is 10.6 Å². The molecular formula is C15H18N6O3S2. The molecule has 1 aromatic heterocycles. The molecular weight excluding hydrogens is 376 g/mol. The number of anilines is 2. The second kappa shape index (κ2) is 9.25. The molecule has 0 bridgehead atoms. The maximum atomic E-state index is 11.6. The van der Waals surface area contributed by atoms with Gasteiger partial charge in [0.05, 0.1) is 11.4 Å². The number of hydrogen-bond donors (Lipinski definition) is 3. The first-order valence-electron chi connectivity index (χ1n) is 7.75. The Bertz CT molecular complexity index is 837. The van der Waals surface area contributed by atoms with Gasteiger partial charge in [-0.25, -0.2) is 0 Å². The maximum Gasteiger partial charge on any atom is 0.252 e. The average molecular weight is 394 g/mol. The summed E-state index contributed by atoms with van der Waals surface area (Å²) in [7, 11) is 0. The quantitative estimate of drug-likeness (QED) is 0.369. The van der Waals surface area contributed by atoms with Gasteiger partial charge in [-0.1, -0.05) is 36.9 Å². The fourth-order valence-electron chi connectivity index (χ4n) is 1.81. The van der Waals surface area contributed by atoms with Gasteiger partial charge in [0.15, 0.2) is 4.34 Å². The first kappa shape index (κ1) is 19.8. The number of nitrogens with zero attached hydrogens (tertiary/aromatic N) is 4. The van der Waals surface area contributed by atoms with Crippen LogP contribution in [0.5, 0.6) is 5.75 Å². The van der Waals surface area contributed by atoms with Crippen LogP contribution in [-0.4, -0.2) is 32.9 Å². The molecule has 0 aliphatic carbocycles. The van der Waals surface area contributed by atoms with E-state index in [1.54, 1.807) is 18.7 Å². The lowest BCUT2D eigenvalue weighted by molar-refractivity contribution is -0.116. The second-order valence-corrected chi connectivity index (χ2v) is 7.42. The van der Waals surface area contributed by atoms with Crippen molar-refractivity contribution in [2.45, 2.75) is 31.5 Å². The van der Waals surface area contributed by atoms with Crippen LogP contribution in [0.2, 0.25) is 0 Å². The minimum absolute atomic E-state index is 0.180. The first-order chi connectivity index (χ1) is 12.4. The summed E-state index contributed by atoms with van der Waals surface area (Å²) in [6.45, 7) is 5.04. The number of aromatic nitrogens is 2. The molecule has 0 saturated heterocycles. The molecule has 26 heavy (non-hydrogen) atoms. The molecule has 0 radical (unpaired) electrons. The number of amides is 2. The number of carbonyl (C=O) groups excluding carboxylic acids is 2. The van der Waals surface area contributed by atoms with E-state index in [9.17, 15) is 14.7 Å². The third kappa shape index (κ3) is 5.49. The number of nitrogens with one attached hydrogen (secondary N) is 2. The number of aromatic hydroxyl groups is 1. The van der Waals surface area contributed by atoms with Crippen molar-refractivity contribution in [3.63, 3.8) is 0 Å². The minimum Gasteiger partial charge on any atom is -0.506 e. The predicted molar refractivity (Wildman–Crippen MR) is 102 cm³/mol. The molecule has 3 N–H and O–H groups in total. The molecule has 1 aromatic carbocycles. The van der Waals surface area contributed by atoms with Gasteiger partial charge in [-0.2, -0.15) is 0 Å². The van der Waals surface area contributed by atoms with E-state index in [1.165, 1.54) is 30.4 Å². The monoisotopic (exact) mass is 394 g/mol. The average Bonchev–Trinajstić information content (AvgIpc) is 3.03. The Hall–Kier alpha value is -2.53. The molecule has 0 fully saturated rings. The molecule has 2 aromatic rings. The van der Waals surface area contributed by atoms with Gasteiger partial charge in [0.25, 0.3) is 5.13 Å². The summed E-state index contributed by atoms with van der Waals surface area (Å²) in [4.78, 5) is 23.0. The van der Waals surface area contributed by atoms with Crippen LogP contribution in [0.1, 0.15) is 27.2 Å². The second-order valence-electron chi connectivity index (χ2n) is 4.95. The van der Waals surface area contributed by atoms with E-state index in [-0.39, 0.29) is 41.0 Å². The van der Waals surface area contributed by atoms with E-state index in [0.717, 1.165) is 10.1 Å². The molecule has 0 saturated carbocycles. The van der Waals surface area contributed by atoms with Crippen LogP contribution in [0.3, 0.4) is 0 Å². The van der Waals surface area contributed by atoms with Crippen molar-refractivity contribution in [3.8, 4) is 5.75 Å². The van der Waals surface area contributed by atoms with E-state index in [2.05, 4.69) is 31.1 Å². The number of thioether (sulfide) groups is 1. The Balaban J connectivity index is 2.35. The van der Waals surface area contributed by atoms with Gasteiger partial charge >= 0.3 is 0 Å². The molecule has 0 spiro atoms. The molecule has 0 atom stereocenters. The number of hydrogen-bond acceptors (Lipinski definition) is 9. The lowest BCUT2D eigenvalue weighted by Gasteiger charge is -2.11. The third-order valence-corrected chi connectivity index (χ3v) is 4.75. The lowest BCUT2D eigenvalue weighted by Crippen LogP contribution is -2.10. The zero-order valence-corrected chi connectivity index (χ0v) is 16.1. The van der Waals surface area contributed by atoms with Crippen molar-refractivity contribution in [3.05, 3.63) is 12.1 Å². The highest BCUT2D eigenvalue weighted by Crippen LogP contribution is 2.37. The smallest absolute Gasteiger partial charge is 0.252 e. The molecule has 1 heterocycles. The van der Waals surface area contributed by atoms with Crippen LogP contribution in [0, 0.1) is 0 Å². The number of phenolic OH excluding ortho intramolecular Hbond substituents is 1. The van der Waals surface area contributed by atoms with Crippen molar-refractivity contribution in [2.75, 3.05) is 16.4 Å². The Morgan fingerprint density at radius 1 is 1.19 bits per heavy atom. The fraction of sp³-hybridized carbons (Fsp3) is 0.333. The fourth-order valence-corrected chi connectivity index (χ4v) is 3.37. The molecule has 0 aliphatic heterocycles. The van der Waals surface area contributed by atoms with Gasteiger partial charge in [-0.05, 0) is 11.8 Å². The van der Waals surface area contributed by atoms with Crippen LogP contribution in [0.4, 0.5) is 22.2 Å². The predicted octanol–water partition coefficient (Wildman–Crippen LogP) is 4.08. The summed E-state index contributed by atoms with van der Waals surface area (Å²) in [5, 5.41) is 31.6. The van der Waals surface area contributed by atoms with Gasteiger partial charge in [0, 0.05) is 19.4 Å². The molecule has 11 heteroatoms. The highest BCUT2D eigenvalue weighted by Gasteiger charge is 2.13. The normalized spacial score (nSPS) is 10.9. The van der Waals surface area contributed by atoms with Gasteiger partial charge in [0.1, 0.15) is 11.4 Å². The zero-order valence-electron chi connectivity index (χ0n) is 14.4. The van der Waals surface area contributed by atoms with Crippen molar-refractivity contribution in [1.29, 1.82) is 0 Å². The van der Waals surface area contributed by atoms with Crippen molar-refractivity contribution >= 4 is 57.1 Å². The Morgan fingerprint density at radius 2 is 1.96 bits per heavy atom. The van der Waals surface area contributed by atoms with Gasteiger partial charge < -0.3 is 15.7 Å². The van der Waals surface area contributed by atoms with Gasteiger partial charge in [0.2, 0.25) is 11.8 Å². The Kier molecular flexibility index (Phi) is 7.04. The Morgan fingerprint density at radius 3 is 2.62 bits per heavy atom. The summed E-state index contributed by atoms with van der Waals surface area (Å²) in [5.41, 5.74) is 0.713. The summed E-state index contributed by atoms with van der Waals surface area (Å²) in [5.74, 6) is 0.0910. The summed E-state index contributed by atoms with van der Waals surface area (Å²) < 4.78 is 0.783. The highest BCUT2D eigenvalue weighted by atomic mass is 32.2. The van der Waals surface area contributed by atoms with E-state index < -0.39 is 0 Å². The minimum atomic E-state index is -0.330. The number of phenols is 1. The van der Waals surface area contributed by atoms with Crippen molar-refractivity contribution < 1.29 is 14.7 Å². The summed E-state index contributed by atoms with van der Waals surface area (Å²) in [6.07, 6.45) is 0.256. The zero-order chi connectivity index (χ0) is 19.1. The molecule has 0 aliphatic rings. The SMILES string of the molecule is CCSc1nnc(/N=N/c2cc(NC(=O)CC)c(O)cc2NC(C)=O)s1. The van der Waals surface area contributed by atoms with Gasteiger partial charge in [-0.15, -0.1) is 20.4 Å². The third-order valence-electron chi connectivity index (χ3n) is 2.93. The van der Waals surface area contributed by atoms with E-state index in [4.69, 9.17) is 0 Å². The van der Waals surface area contributed by atoms with E-state index in [1.807, 2.05) is 6.92 Å². The summed E-state index contributed by atoms with van der Waals surface area (Å²) >= 11 is 2.84. The molecule has 2 amide bonds. The number of azo groups is 1. The Labute approximate surface area is 158 Å². The maximum absolute atomic E-state index is 11.6. The van der Waals surface area contributed by atoms with Crippen LogP contribution in [-0.2, 0) is 9.59 Å². The molecule has 0 unspecified atom stereocenters.